The van der Waals surface area contributed by atoms with Gasteiger partial charge < -0.3 is 19.9 Å². The first-order chi connectivity index (χ1) is 15.9. The van der Waals surface area contributed by atoms with Gasteiger partial charge in [0.25, 0.3) is 5.56 Å². The number of carboxylic acid groups (broad SMARTS) is 1. The number of nitrogens with one attached hydrogen (secondary N) is 1. The second-order valence-corrected chi connectivity index (χ2v) is 8.47. The molecule has 3 aromatic heterocycles. The first kappa shape index (κ1) is 24.4. The minimum atomic E-state index is -1.29. The van der Waals surface area contributed by atoms with Crippen molar-refractivity contribution in [1.82, 2.24) is 24.4 Å². The van der Waals surface area contributed by atoms with Crippen molar-refractivity contribution in [3.63, 3.8) is 0 Å². The summed E-state index contributed by atoms with van der Waals surface area (Å²) in [6.07, 6.45) is 1.66. The van der Waals surface area contributed by atoms with Gasteiger partial charge in [0.2, 0.25) is 5.88 Å². The van der Waals surface area contributed by atoms with Gasteiger partial charge in [-0.25, -0.2) is 23.9 Å². The highest BCUT2D eigenvalue weighted by molar-refractivity contribution is 5.80. The van der Waals surface area contributed by atoms with E-state index in [-0.39, 0.29) is 23.4 Å². The highest BCUT2D eigenvalue weighted by Crippen LogP contribution is 2.14. The number of pyridine rings is 2. The van der Waals surface area contributed by atoms with Gasteiger partial charge in [-0.2, -0.15) is 0 Å². The molecule has 3 aromatic rings. The van der Waals surface area contributed by atoms with Crippen molar-refractivity contribution in [3.8, 4) is 11.6 Å². The molecule has 0 saturated carbocycles. The molecule has 180 valence electrons. The van der Waals surface area contributed by atoms with Gasteiger partial charge in [0.15, 0.2) is 0 Å². The Kier molecular flexibility index (Phi) is 6.70. The molecule has 1 unspecified atom stereocenters. The number of aromatic nitrogens is 4. The summed E-state index contributed by atoms with van der Waals surface area (Å²) in [5.41, 5.74) is -1.11. The van der Waals surface area contributed by atoms with Crippen molar-refractivity contribution in [2.45, 2.75) is 38.8 Å². The van der Waals surface area contributed by atoms with E-state index in [1.54, 1.807) is 20.8 Å². The lowest BCUT2D eigenvalue weighted by atomic mass is 10.1. The van der Waals surface area contributed by atoms with Crippen molar-refractivity contribution in [1.29, 1.82) is 0 Å². The quantitative estimate of drug-likeness (QED) is 0.536. The Morgan fingerprint density at radius 2 is 1.88 bits per heavy atom. The molecule has 1 atom stereocenters. The summed E-state index contributed by atoms with van der Waals surface area (Å²) in [5.74, 6) is -1.04. The molecule has 0 fully saturated rings. The second kappa shape index (κ2) is 9.33. The molecule has 0 aliphatic carbocycles. The molecule has 0 spiro atoms. The average Bonchev–Trinajstić information content (AvgIpc) is 2.76. The molecule has 12 nitrogen and oxygen atoms in total. The molecular formula is C22H25N5O7. The van der Waals surface area contributed by atoms with Crippen LogP contribution < -0.4 is 21.3 Å². The molecule has 12 heteroatoms. The molecule has 0 aromatic carbocycles. The Morgan fingerprint density at radius 3 is 2.44 bits per heavy atom. The fraction of sp³-hybridized carbons (Fsp3) is 0.364. The molecular weight excluding hydrogens is 446 g/mol. The third kappa shape index (κ3) is 5.22. The fourth-order valence-electron chi connectivity index (χ4n) is 3.20. The maximum absolute atomic E-state index is 13.1. The number of carbonyl (C=O) groups excluding carboxylic acids is 1. The third-order valence-corrected chi connectivity index (χ3v) is 4.81. The standard InChI is InChI=1S/C22H25N5O7/c1-22(2,3)34-20(31)25-15(19(29)30)8-12-6-7-13(10-23-12)27-18(28)14-9-17(33-5)24-11-16(14)26(4)21(27)32/h6-7,9-11,15H,8H2,1-5H3,(H,25,31)(H,29,30). The Hall–Kier alpha value is -4.22. The number of fused-ring (bicyclic) bond motifs is 1. The van der Waals surface area contributed by atoms with Gasteiger partial charge in [0.05, 0.1) is 36.1 Å². The number of carbonyl (C=O) groups is 2. The number of methoxy groups -OCH3 is 1. The highest BCUT2D eigenvalue weighted by Gasteiger charge is 2.25. The van der Waals surface area contributed by atoms with Gasteiger partial charge in [-0.05, 0) is 32.9 Å². The van der Waals surface area contributed by atoms with E-state index in [2.05, 4.69) is 15.3 Å². The smallest absolute Gasteiger partial charge is 0.408 e. The summed E-state index contributed by atoms with van der Waals surface area (Å²) >= 11 is 0. The third-order valence-electron chi connectivity index (χ3n) is 4.81. The molecule has 3 rings (SSSR count). The predicted molar refractivity (Wildman–Crippen MR) is 121 cm³/mol. The van der Waals surface area contributed by atoms with Crippen molar-refractivity contribution in [3.05, 3.63) is 57.1 Å². The van der Waals surface area contributed by atoms with E-state index in [1.807, 2.05) is 0 Å². The number of nitrogens with zero attached hydrogens (tertiary/aromatic N) is 4. The zero-order chi connectivity index (χ0) is 25.2. The fourth-order valence-corrected chi connectivity index (χ4v) is 3.20. The molecule has 0 aliphatic rings. The number of carboxylic acids is 1. The van der Waals surface area contributed by atoms with E-state index in [0.717, 1.165) is 4.57 Å². The molecule has 0 saturated heterocycles. The van der Waals surface area contributed by atoms with Crippen LogP contribution >= 0.6 is 0 Å². The van der Waals surface area contributed by atoms with Crippen LogP contribution in [0.15, 0.2) is 40.2 Å². The first-order valence-electron chi connectivity index (χ1n) is 10.2. The van der Waals surface area contributed by atoms with Crippen LogP contribution in [0.5, 0.6) is 5.88 Å². The van der Waals surface area contributed by atoms with Crippen LogP contribution in [0.3, 0.4) is 0 Å². The van der Waals surface area contributed by atoms with Crippen molar-refractivity contribution in [2.24, 2.45) is 7.05 Å². The largest absolute Gasteiger partial charge is 0.481 e. The van der Waals surface area contributed by atoms with E-state index in [0.29, 0.717) is 11.2 Å². The van der Waals surface area contributed by atoms with Gasteiger partial charge in [-0.15, -0.1) is 0 Å². The number of aliphatic carboxylic acids is 1. The second-order valence-electron chi connectivity index (χ2n) is 8.47. The Morgan fingerprint density at radius 1 is 1.18 bits per heavy atom. The Bertz CT molecular complexity index is 1350. The van der Waals surface area contributed by atoms with Crippen LogP contribution in [-0.4, -0.2) is 55.0 Å². The van der Waals surface area contributed by atoms with Crippen LogP contribution in [0.2, 0.25) is 0 Å². The van der Waals surface area contributed by atoms with E-state index in [1.165, 1.54) is 49.3 Å². The summed E-state index contributed by atoms with van der Waals surface area (Å²) in [5, 5.41) is 12.0. The number of hydrogen-bond acceptors (Lipinski definition) is 8. The summed E-state index contributed by atoms with van der Waals surface area (Å²) in [6, 6.07) is 3.10. The molecule has 0 radical (unpaired) electrons. The van der Waals surface area contributed by atoms with Crippen LogP contribution in [0, 0.1) is 0 Å². The summed E-state index contributed by atoms with van der Waals surface area (Å²) in [7, 11) is 2.93. The molecule has 0 aliphatic heterocycles. The predicted octanol–water partition coefficient (Wildman–Crippen LogP) is 1.01. The number of hydrogen-bond donors (Lipinski definition) is 2. The average molecular weight is 471 g/mol. The minimum Gasteiger partial charge on any atom is -0.481 e. The first-order valence-corrected chi connectivity index (χ1v) is 10.2. The van der Waals surface area contributed by atoms with E-state index in [9.17, 15) is 24.3 Å². The van der Waals surface area contributed by atoms with Gasteiger partial charge in [-0.1, -0.05) is 0 Å². The zero-order valence-electron chi connectivity index (χ0n) is 19.4. The maximum atomic E-state index is 13.1. The van der Waals surface area contributed by atoms with Crippen LogP contribution in [0.1, 0.15) is 26.5 Å². The summed E-state index contributed by atoms with van der Waals surface area (Å²) < 4.78 is 12.4. The van der Waals surface area contributed by atoms with Crippen LogP contribution in [0.25, 0.3) is 16.6 Å². The Labute approximate surface area is 193 Å². The normalized spacial score (nSPS) is 12.3. The molecule has 1 amide bonds. The van der Waals surface area contributed by atoms with Crippen LogP contribution in [0.4, 0.5) is 4.79 Å². The number of rotatable bonds is 6. The van der Waals surface area contributed by atoms with E-state index < -0.39 is 35.0 Å². The van der Waals surface area contributed by atoms with E-state index >= 15 is 0 Å². The Balaban J connectivity index is 1.92. The van der Waals surface area contributed by atoms with Gasteiger partial charge >= 0.3 is 17.8 Å². The van der Waals surface area contributed by atoms with Crippen molar-refractivity contribution < 1.29 is 24.2 Å². The summed E-state index contributed by atoms with van der Waals surface area (Å²) in [6.45, 7) is 4.98. The molecule has 3 heterocycles. The van der Waals surface area contributed by atoms with Crippen LogP contribution in [-0.2, 0) is 23.0 Å². The van der Waals surface area contributed by atoms with Gasteiger partial charge in [0.1, 0.15) is 11.6 Å². The monoisotopic (exact) mass is 471 g/mol. The van der Waals surface area contributed by atoms with Gasteiger partial charge in [0, 0.05) is 25.2 Å². The molecule has 0 bridgehead atoms. The SMILES string of the molecule is COc1cc2c(=O)n(-c3ccc(CC(NC(=O)OC(C)(C)C)C(=O)O)nc3)c(=O)n(C)c2cn1. The topological polar surface area (TPSA) is 155 Å². The lowest BCUT2D eigenvalue weighted by Gasteiger charge is -2.22. The van der Waals surface area contributed by atoms with Gasteiger partial charge in [-0.3, -0.25) is 14.3 Å². The lowest BCUT2D eigenvalue weighted by Crippen LogP contribution is -2.44. The summed E-state index contributed by atoms with van der Waals surface area (Å²) in [4.78, 5) is 57.7. The molecule has 34 heavy (non-hydrogen) atoms. The lowest BCUT2D eigenvalue weighted by molar-refractivity contribution is -0.139. The van der Waals surface area contributed by atoms with E-state index in [4.69, 9.17) is 9.47 Å². The van der Waals surface area contributed by atoms with Crippen molar-refractivity contribution >= 4 is 23.0 Å². The molecule has 2 N–H and O–H groups in total. The number of ether oxygens (including phenoxy) is 2. The van der Waals surface area contributed by atoms with Crippen molar-refractivity contribution in [2.75, 3.05) is 7.11 Å². The maximum Gasteiger partial charge on any atom is 0.408 e. The number of alkyl carbamates (subject to hydrolysis) is 1. The number of amides is 1. The highest BCUT2D eigenvalue weighted by atomic mass is 16.6. The number of aryl methyl sites for hydroxylation is 1. The zero-order valence-corrected chi connectivity index (χ0v) is 19.4. The minimum absolute atomic E-state index is 0.137.